The summed E-state index contributed by atoms with van der Waals surface area (Å²) in [7, 11) is 0. The predicted octanol–water partition coefficient (Wildman–Crippen LogP) is 5.08. The third-order valence-electron chi connectivity index (χ3n) is 4.24. The van der Waals surface area contributed by atoms with Gasteiger partial charge in [-0.25, -0.2) is 4.98 Å². The Morgan fingerprint density at radius 3 is 2.82 bits per heavy atom. The van der Waals surface area contributed by atoms with Crippen LogP contribution in [0.3, 0.4) is 0 Å². The van der Waals surface area contributed by atoms with Crippen LogP contribution >= 0.6 is 27.3 Å². The van der Waals surface area contributed by atoms with Crippen molar-refractivity contribution < 1.29 is 4.79 Å². The van der Waals surface area contributed by atoms with Crippen LogP contribution in [0.2, 0.25) is 0 Å². The van der Waals surface area contributed by atoms with Crippen molar-refractivity contribution in [1.29, 1.82) is 0 Å². The minimum atomic E-state index is -0.144. The monoisotopic (exact) mass is 455 g/mol. The number of halogens is 1. The topological polar surface area (TPSA) is 63.9 Å². The van der Waals surface area contributed by atoms with Gasteiger partial charge >= 0.3 is 0 Å². The van der Waals surface area contributed by atoms with Gasteiger partial charge in [-0.15, -0.1) is 0 Å². The maximum atomic E-state index is 13.5. The smallest absolute Gasteiger partial charge is 0.277 e. The average molecular weight is 456 g/mol. The lowest BCUT2D eigenvalue weighted by atomic mass is 10.3. The fourth-order valence-corrected chi connectivity index (χ4v) is 4.43. The first kappa shape index (κ1) is 18.8. The molecule has 0 fully saturated rings. The number of carbonyl (C=O) groups excluding carboxylic acids is 1. The third kappa shape index (κ3) is 3.70. The van der Waals surface area contributed by atoms with Gasteiger partial charge < -0.3 is 0 Å². The Bertz CT molecular complexity index is 1120. The number of hydrogen-bond donors (Lipinski definition) is 0. The summed E-state index contributed by atoms with van der Waals surface area (Å²) < 4.78 is 3.73. The van der Waals surface area contributed by atoms with Crippen molar-refractivity contribution in [3.63, 3.8) is 0 Å². The molecule has 0 saturated carbocycles. The molecule has 0 spiro atoms. The van der Waals surface area contributed by atoms with Crippen LogP contribution in [0, 0.1) is 0 Å². The maximum Gasteiger partial charge on any atom is 0.278 e. The summed E-state index contributed by atoms with van der Waals surface area (Å²) in [6, 6.07) is 13.4. The summed E-state index contributed by atoms with van der Waals surface area (Å²) in [5, 5.41) is 4.94. The van der Waals surface area contributed by atoms with Crippen molar-refractivity contribution in [2.75, 3.05) is 4.90 Å². The highest BCUT2D eigenvalue weighted by Crippen LogP contribution is 2.32. The van der Waals surface area contributed by atoms with Crippen LogP contribution in [0.15, 0.2) is 59.3 Å². The average Bonchev–Trinajstić information content (AvgIpc) is 3.33. The van der Waals surface area contributed by atoms with Gasteiger partial charge in [0.15, 0.2) is 5.13 Å². The molecule has 0 saturated heterocycles. The molecule has 1 aromatic carbocycles. The minimum absolute atomic E-state index is 0.0805. The lowest BCUT2D eigenvalue weighted by Gasteiger charge is -2.21. The van der Waals surface area contributed by atoms with Crippen LogP contribution in [0.4, 0.5) is 5.13 Å². The number of amides is 1. The van der Waals surface area contributed by atoms with E-state index in [4.69, 9.17) is 4.98 Å². The van der Waals surface area contributed by atoms with E-state index in [1.165, 1.54) is 11.3 Å². The van der Waals surface area contributed by atoms with Gasteiger partial charge in [0.1, 0.15) is 5.69 Å². The molecule has 28 heavy (non-hydrogen) atoms. The molecule has 4 aromatic rings. The van der Waals surface area contributed by atoms with E-state index >= 15 is 0 Å². The fourth-order valence-electron chi connectivity index (χ4n) is 2.92. The second-order valence-corrected chi connectivity index (χ2v) is 8.50. The molecule has 4 rings (SSSR count). The van der Waals surface area contributed by atoms with Gasteiger partial charge in [0, 0.05) is 22.9 Å². The van der Waals surface area contributed by atoms with Gasteiger partial charge in [-0.3, -0.25) is 19.4 Å². The molecule has 6 nitrogen and oxygen atoms in total. The number of aromatic nitrogens is 4. The van der Waals surface area contributed by atoms with E-state index in [1.807, 2.05) is 50.2 Å². The first-order chi connectivity index (χ1) is 13.5. The van der Waals surface area contributed by atoms with E-state index in [2.05, 4.69) is 26.0 Å². The number of hydrogen-bond acceptors (Lipinski definition) is 5. The van der Waals surface area contributed by atoms with Crippen LogP contribution in [0.5, 0.6) is 0 Å². The van der Waals surface area contributed by atoms with Crippen LogP contribution in [-0.4, -0.2) is 25.7 Å². The Morgan fingerprint density at radius 1 is 1.21 bits per heavy atom. The van der Waals surface area contributed by atoms with Crippen LogP contribution < -0.4 is 4.90 Å². The first-order valence-corrected chi connectivity index (χ1v) is 10.5. The molecule has 0 aliphatic heterocycles. The molecule has 1 amide bonds. The van der Waals surface area contributed by atoms with Crippen molar-refractivity contribution >= 4 is 48.5 Å². The summed E-state index contributed by atoms with van der Waals surface area (Å²) >= 11 is 4.98. The van der Waals surface area contributed by atoms with Gasteiger partial charge in [-0.1, -0.05) is 33.3 Å². The van der Waals surface area contributed by atoms with E-state index < -0.39 is 0 Å². The molecule has 8 heteroatoms. The highest BCUT2D eigenvalue weighted by molar-refractivity contribution is 9.10. The quantitative estimate of drug-likeness (QED) is 0.420. The van der Waals surface area contributed by atoms with E-state index in [0.717, 1.165) is 20.4 Å². The molecular formula is C20H18BrN5OS. The molecule has 3 aromatic heterocycles. The lowest BCUT2D eigenvalue weighted by molar-refractivity contribution is 0.0972. The molecule has 0 atom stereocenters. The predicted molar refractivity (Wildman–Crippen MR) is 115 cm³/mol. The molecule has 0 N–H and O–H groups in total. The highest BCUT2D eigenvalue weighted by atomic mass is 79.9. The van der Waals surface area contributed by atoms with E-state index in [9.17, 15) is 4.79 Å². The Kier molecular flexibility index (Phi) is 5.23. The summed E-state index contributed by atoms with van der Waals surface area (Å²) in [6.07, 6.45) is 3.38. The Labute approximate surface area is 175 Å². The molecule has 0 unspecified atom stereocenters. The zero-order valence-corrected chi connectivity index (χ0v) is 17.8. The molecule has 0 bridgehead atoms. The van der Waals surface area contributed by atoms with E-state index in [-0.39, 0.29) is 11.9 Å². The van der Waals surface area contributed by atoms with Gasteiger partial charge in [-0.05, 0) is 50.2 Å². The van der Waals surface area contributed by atoms with Crippen molar-refractivity contribution in [2.24, 2.45) is 0 Å². The number of thiazole rings is 1. The number of nitrogens with zero attached hydrogens (tertiary/aromatic N) is 5. The fraction of sp³-hybridized carbons (Fsp3) is 0.200. The number of rotatable bonds is 5. The molecular weight excluding hydrogens is 438 g/mol. The van der Waals surface area contributed by atoms with Gasteiger partial charge in [0.2, 0.25) is 0 Å². The second kappa shape index (κ2) is 7.81. The van der Waals surface area contributed by atoms with Crippen LogP contribution in [-0.2, 0) is 6.54 Å². The SMILES string of the molecule is CC(C)n1nccc1C(=O)N(Cc1ccccn1)c1nc2ccc(Br)cc2s1. The number of anilines is 1. The van der Waals surface area contributed by atoms with Crippen molar-refractivity contribution in [2.45, 2.75) is 26.4 Å². The second-order valence-electron chi connectivity index (χ2n) is 6.58. The zero-order chi connectivity index (χ0) is 19.7. The van der Waals surface area contributed by atoms with Gasteiger partial charge in [0.25, 0.3) is 5.91 Å². The van der Waals surface area contributed by atoms with Gasteiger partial charge in [0.05, 0.1) is 22.5 Å². The number of benzene rings is 1. The van der Waals surface area contributed by atoms with E-state index in [1.54, 1.807) is 28.0 Å². The molecule has 0 radical (unpaired) electrons. The molecule has 142 valence electrons. The largest absolute Gasteiger partial charge is 0.278 e. The van der Waals surface area contributed by atoms with Crippen molar-refractivity contribution in [3.05, 3.63) is 70.7 Å². The van der Waals surface area contributed by atoms with E-state index in [0.29, 0.717) is 17.4 Å². The van der Waals surface area contributed by atoms with Gasteiger partial charge in [-0.2, -0.15) is 5.10 Å². The minimum Gasteiger partial charge on any atom is -0.277 e. The summed E-state index contributed by atoms with van der Waals surface area (Å²) in [4.78, 5) is 24.2. The number of carbonyl (C=O) groups is 1. The lowest BCUT2D eigenvalue weighted by Crippen LogP contribution is -2.32. The first-order valence-electron chi connectivity index (χ1n) is 8.84. The standard InChI is InChI=1S/C20H18BrN5OS/c1-13(2)26-17(8-10-23-26)19(27)25(12-15-5-3-4-9-22-15)20-24-16-7-6-14(21)11-18(16)28-20/h3-11,13H,12H2,1-2H3. The highest BCUT2D eigenvalue weighted by Gasteiger charge is 2.25. The summed E-state index contributed by atoms with van der Waals surface area (Å²) in [6.45, 7) is 4.34. The van der Waals surface area contributed by atoms with Crippen LogP contribution in [0.1, 0.15) is 36.1 Å². The Morgan fingerprint density at radius 2 is 2.07 bits per heavy atom. The summed E-state index contributed by atoms with van der Waals surface area (Å²) in [5.41, 5.74) is 2.19. The Hall–Kier alpha value is -2.58. The van der Waals surface area contributed by atoms with Crippen molar-refractivity contribution in [1.82, 2.24) is 19.7 Å². The summed E-state index contributed by atoms with van der Waals surface area (Å²) in [5.74, 6) is -0.144. The maximum absolute atomic E-state index is 13.5. The molecule has 0 aliphatic carbocycles. The van der Waals surface area contributed by atoms with Crippen molar-refractivity contribution in [3.8, 4) is 0 Å². The Balaban J connectivity index is 1.78. The third-order valence-corrected chi connectivity index (χ3v) is 5.77. The molecule has 0 aliphatic rings. The zero-order valence-electron chi connectivity index (χ0n) is 15.4. The number of pyridine rings is 1. The molecule has 3 heterocycles. The van der Waals surface area contributed by atoms with Crippen LogP contribution in [0.25, 0.3) is 10.2 Å². The normalized spacial score (nSPS) is 11.3. The number of fused-ring (bicyclic) bond motifs is 1.